The monoisotopic (exact) mass is 368 g/mol. The summed E-state index contributed by atoms with van der Waals surface area (Å²) in [5.74, 6) is 28.7. The van der Waals surface area contributed by atoms with E-state index in [1.54, 1.807) is 23.5 Å². The van der Waals surface area contributed by atoms with Crippen LogP contribution in [0.2, 0.25) is 0 Å². The third-order valence-corrected chi connectivity index (χ3v) is 4.75. The smallest absolute Gasteiger partial charge is 0.0560 e. The minimum absolute atomic E-state index is 0.771. The number of benzene rings is 2. The van der Waals surface area contributed by atoms with Gasteiger partial charge in [-0.05, 0) is 36.4 Å². The van der Waals surface area contributed by atoms with Gasteiger partial charge in [-0.25, -0.2) is 0 Å². The summed E-state index contributed by atoms with van der Waals surface area (Å²) in [5.41, 5.74) is 4.03. The van der Waals surface area contributed by atoms with Gasteiger partial charge in [0.2, 0.25) is 0 Å². The lowest BCUT2D eigenvalue weighted by Crippen LogP contribution is -1.83. The Kier molecular flexibility index (Phi) is 7.26. The van der Waals surface area contributed by atoms with Crippen LogP contribution in [0.1, 0.15) is 22.3 Å². The number of hydrogen-bond acceptors (Lipinski definition) is 2. The van der Waals surface area contributed by atoms with Crippen molar-refractivity contribution in [2.75, 3.05) is 23.0 Å². The lowest BCUT2D eigenvalue weighted by Gasteiger charge is -1.94. The van der Waals surface area contributed by atoms with Crippen LogP contribution in [0.3, 0.4) is 0 Å². The molecule has 2 aromatic carbocycles. The molecule has 3 rings (SSSR count). The van der Waals surface area contributed by atoms with Crippen molar-refractivity contribution in [3.63, 3.8) is 0 Å². The highest BCUT2D eigenvalue weighted by atomic mass is 32.2. The molecule has 0 fully saturated rings. The van der Waals surface area contributed by atoms with E-state index in [0.29, 0.717) is 0 Å². The van der Waals surface area contributed by atoms with Crippen LogP contribution in [0.5, 0.6) is 0 Å². The Bertz CT molecular complexity index is 858. The van der Waals surface area contributed by atoms with Crippen molar-refractivity contribution in [3.05, 3.63) is 70.8 Å². The van der Waals surface area contributed by atoms with Crippen molar-refractivity contribution >= 4 is 23.5 Å². The Morgan fingerprint density at radius 1 is 0.500 bits per heavy atom. The first kappa shape index (κ1) is 18.2. The standard InChI is InChI=1S/C24H16S2/c1-7-21-11-3-15-25-17-5-13-23-9-2-10-24(20-23)14-6-18-26-16-4-12-22(8-1)19-21/h1-2,7-10,19-20H,15-18H2. The van der Waals surface area contributed by atoms with Gasteiger partial charge in [-0.15, -0.1) is 23.5 Å². The molecule has 26 heavy (non-hydrogen) atoms. The molecule has 1 aliphatic heterocycles. The second-order valence-corrected chi connectivity index (χ2v) is 7.33. The third-order valence-electron chi connectivity index (χ3n) is 3.35. The predicted octanol–water partition coefficient (Wildman–Crippen LogP) is 4.27. The van der Waals surface area contributed by atoms with Gasteiger partial charge in [0.05, 0.1) is 23.0 Å². The second kappa shape index (κ2) is 10.4. The maximum atomic E-state index is 3.20. The van der Waals surface area contributed by atoms with Gasteiger partial charge in [0, 0.05) is 22.3 Å². The van der Waals surface area contributed by atoms with Crippen molar-refractivity contribution in [1.82, 2.24) is 0 Å². The molecule has 2 heteroatoms. The zero-order chi connectivity index (χ0) is 17.9. The molecule has 0 aromatic heterocycles. The second-order valence-electron chi connectivity index (χ2n) is 5.35. The topological polar surface area (TPSA) is 0 Å². The maximum absolute atomic E-state index is 3.20. The van der Waals surface area contributed by atoms with Crippen LogP contribution in [-0.4, -0.2) is 23.0 Å². The number of fused-ring (bicyclic) bond motifs is 4. The van der Waals surface area contributed by atoms with E-state index in [-0.39, 0.29) is 0 Å². The van der Waals surface area contributed by atoms with E-state index in [2.05, 4.69) is 47.4 Å². The van der Waals surface area contributed by atoms with Gasteiger partial charge < -0.3 is 0 Å². The van der Waals surface area contributed by atoms with Crippen LogP contribution in [0.4, 0.5) is 0 Å². The lowest BCUT2D eigenvalue weighted by molar-refractivity contribution is 1.59. The van der Waals surface area contributed by atoms with Crippen LogP contribution in [0.25, 0.3) is 0 Å². The van der Waals surface area contributed by atoms with Gasteiger partial charge >= 0.3 is 0 Å². The molecule has 0 saturated carbocycles. The van der Waals surface area contributed by atoms with Crippen LogP contribution in [0, 0.1) is 47.4 Å². The first-order valence-electron chi connectivity index (χ1n) is 8.21. The Morgan fingerprint density at radius 2 is 0.808 bits per heavy atom. The summed E-state index contributed by atoms with van der Waals surface area (Å²) in [6, 6.07) is 16.2. The van der Waals surface area contributed by atoms with Gasteiger partial charge in [0.25, 0.3) is 0 Å². The highest BCUT2D eigenvalue weighted by molar-refractivity contribution is 7.99. The predicted molar refractivity (Wildman–Crippen MR) is 115 cm³/mol. The van der Waals surface area contributed by atoms with E-state index in [4.69, 9.17) is 0 Å². The number of hydrogen-bond donors (Lipinski definition) is 0. The molecule has 0 spiro atoms. The summed E-state index contributed by atoms with van der Waals surface area (Å²) < 4.78 is 0. The number of rotatable bonds is 0. The molecule has 1 heterocycles. The molecule has 0 atom stereocenters. The highest BCUT2D eigenvalue weighted by Gasteiger charge is 1.92. The van der Waals surface area contributed by atoms with E-state index < -0.39 is 0 Å². The number of thioether (sulfide) groups is 2. The molecule has 2 aromatic rings. The van der Waals surface area contributed by atoms with E-state index in [1.165, 1.54) is 0 Å². The molecule has 0 aliphatic carbocycles. The first-order valence-corrected chi connectivity index (χ1v) is 10.5. The van der Waals surface area contributed by atoms with E-state index in [9.17, 15) is 0 Å². The molecule has 0 unspecified atom stereocenters. The summed E-state index contributed by atoms with van der Waals surface area (Å²) in [6.45, 7) is 0. The van der Waals surface area contributed by atoms with E-state index >= 15 is 0 Å². The van der Waals surface area contributed by atoms with Crippen molar-refractivity contribution in [2.24, 2.45) is 0 Å². The Balaban J connectivity index is 1.77. The molecule has 0 saturated heterocycles. The quantitative estimate of drug-likeness (QED) is 0.637. The first-order chi connectivity index (χ1) is 12.9. The Morgan fingerprint density at radius 3 is 1.12 bits per heavy atom. The minimum atomic E-state index is 0.771. The van der Waals surface area contributed by atoms with Gasteiger partial charge in [0.15, 0.2) is 0 Å². The largest absolute Gasteiger partial charge is 0.136 e. The lowest BCUT2D eigenvalue weighted by atomic mass is 10.1. The molecule has 0 radical (unpaired) electrons. The van der Waals surface area contributed by atoms with Gasteiger partial charge in [0.1, 0.15) is 0 Å². The zero-order valence-electron chi connectivity index (χ0n) is 14.3. The Hall–Kier alpha value is -2.62. The minimum Gasteiger partial charge on any atom is -0.136 e. The molecule has 124 valence electrons. The molecule has 0 N–H and O–H groups in total. The molecular weight excluding hydrogens is 352 g/mol. The summed E-state index contributed by atoms with van der Waals surface area (Å²) in [5, 5.41) is 0. The SMILES string of the molecule is C1#Cc2cccc(c2)C#CCSCC#Cc2cccc(c2)C#CCSC1. The van der Waals surface area contributed by atoms with Crippen LogP contribution in [0.15, 0.2) is 48.5 Å². The van der Waals surface area contributed by atoms with Gasteiger partial charge in [-0.2, -0.15) is 0 Å². The van der Waals surface area contributed by atoms with E-state index in [0.717, 1.165) is 45.3 Å². The molecule has 0 nitrogen and oxygen atoms in total. The fourth-order valence-corrected chi connectivity index (χ4v) is 3.11. The molecule has 1 aliphatic rings. The van der Waals surface area contributed by atoms with Crippen molar-refractivity contribution in [1.29, 1.82) is 0 Å². The van der Waals surface area contributed by atoms with Crippen molar-refractivity contribution in [2.45, 2.75) is 0 Å². The summed E-state index contributed by atoms with van der Waals surface area (Å²) in [6.07, 6.45) is 0. The summed E-state index contributed by atoms with van der Waals surface area (Å²) in [7, 11) is 0. The van der Waals surface area contributed by atoms with Gasteiger partial charge in [-0.1, -0.05) is 59.5 Å². The zero-order valence-corrected chi connectivity index (χ0v) is 15.9. The third kappa shape index (κ3) is 6.36. The summed E-state index contributed by atoms with van der Waals surface area (Å²) in [4.78, 5) is 0. The van der Waals surface area contributed by atoms with E-state index in [1.807, 2.05) is 48.5 Å². The van der Waals surface area contributed by atoms with Gasteiger partial charge in [-0.3, -0.25) is 0 Å². The van der Waals surface area contributed by atoms with Crippen molar-refractivity contribution in [3.8, 4) is 47.4 Å². The fraction of sp³-hybridized carbons (Fsp3) is 0.167. The molecular formula is C24H16S2. The highest BCUT2D eigenvalue weighted by Crippen LogP contribution is 2.06. The van der Waals surface area contributed by atoms with Crippen LogP contribution < -0.4 is 0 Å². The summed E-state index contributed by atoms with van der Waals surface area (Å²) >= 11 is 3.45. The molecule has 0 amide bonds. The fourth-order valence-electron chi connectivity index (χ4n) is 2.21. The normalized spacial score (nSPS) is 13.2. The van der Waals surface area contributed by atoms with Crippen molar-refractivity contribution < 1.29 is 0 Å². The van der Waals surface area contributed by atoms with Crippen LogP contribution in [-0.2, 0) is 0 Å². The molecule has 4 bridgehead atoms. The average molecular weight is 369 g/mol. The maximum Gasteiger partial charge on any atom is 0.0560 e. The van der Waals surface area contributed by atoms with Crippen LogP contribution >= 0.6 is 23.5 Å². The average Bonchev–Trinajstić information content (AvgIpc) is 2.66. The Labute approximate surface area is 164 Å².